The van der Waals surface area contributed by atoms with E-state index in [9.17, 15) is 0 Å². The Bertz CT molecular complexity index is 120. The number of unbranched alkanes of at least 4 members (excludes halogenated alkanes) is 1. The third-order valence-electron chi connectivity index (χ3n) is 1.28. The first kappa shape index (κ1) is 10.0. The first-order valence-corrected chi connectivity index (χ1v) is 4.97. The minimum atomic E-state index is 0.213. The highest BCUT2D eigenvalue weighted by atomic mass is 127. The largest absolute Gasteiger partial charge is 0.0898 e. The predicted molar refractivity (Wildman–Crippen MR) is 51.3 cm³/mol. The van der Waals surface area contributed by atoms with Crippen LogP contribution in [0.1, 0.15) is 26.2 Å². The molecular formula is C6H12IN3. The lowest BCUT2D eigenvalue weighted by Gasteiger charge is -2.03. The zero-order chi connectivity index (χ0) is 7.82. The second-order valence-corrected chi connectivity index (χ2v) is 3.04. The van der Waals surface area contributed by atoms with Crippen LogP contribution in [0, 0.1) is 0 Å². The standard InChI is InChI=1S/C6H12IN3/c1-2-3-4-6(5-7)9-10-8/h6H,2-5H2,1H3. The fraction of sp³-hybridized carbons (Fsp3) is 1.00. The Hall–Kier alpha value is 0.0400. The third kappa shape index (κ3) is 4.88. The van der Waals surface area contributed by atoms with Crippen molar-refractivity contribution in [2.24, 2.45) is 5.11 Å². The van der Waals surface area contributed by atoms with Crippen LogP contribution in [0.25, 0.3) is 10.4 Å². The molecule has 0 saturated carbocycles. The molecule has 0 amide bonds. The molecule has 4 heteroatoms. The number of halogens is 1. The number of nitrogens with zero attached hydrogens (tertiary/aromatic N) is 3. The van der Waals surface area contributed by atoms with Crippen LogP contribution >= 0.6 is 22.6 Å². The molecular weight excluding hydrogens is 241 g/mol. The molecule has 1 unspecified atom stereocenters. The molecule has 0 aromatic heterocycles. The van der Waals surface area contributed by atoms with Crippen molar-refractivity contribution in [1.29, 1.82) is 0 Å². The number of azide groups is 1. The Morgan fingerprint density at radius 3 is 2.80 bits per heavy atom. The van der Waals surface area contributed by atoms with Gasteiger partial charge in [0.2, 0.25) is 0 Å². The normalized spacial score (nSPS) is 12.2. The molecule has 0 aliphatic rings. The summed E-state index contributed by atoms with van der Waals surface area (Å²) in [7, 11) is 0. The van der Waals surface area contributed by atoms with Crippen LogP contribution in [0.15, 0.2) is 5.11 Å². The molecule has 0 N–H and O–H groups in total. The van der Waals surface area contributed by atoms with Gasteiger partial charge in [0.05, 0.1) is 0 Å². The Balaban J connectivity index is 3.49. The summed E-state index contributed by atoms with van der Waals surface area (Å²) in [6, 6.07) is 0.213. The molecule has 0 aliphatic carbocycles. The van der Waals surface area contributed by atoms with Gasteiger partial charge in [-0.15, -0.1) is 0 Å². The van der Waals surface area contributed by atoms with Crippen LogP contribution in [0.5, 0.6) is 0 Å². The van der Waals surface area contributed by atoms with E-state index in [0.717, 1.165) is 17.3 Å². The van der Waals surface area contributed by atoms with E-state index in [4.69, 9.17) is 5.53 Å². The molecule has 0 aromatic rings. The summed E-state index contributed by atoms with van der Waals surface area (Å²) in [4.78, 5) is 2.78. The molecule has 0 rings (SSSR count). The number of hydrogen-bond acceptors (Lipinski definition) is 1. The van der Waals surface area contributed by atoms with Crippen molar-refractivity contribution in [3.8, 4) is 0 Å². The van der Waals surface area contributed by atoms with Crippen molar-refractivity contribution in [1.82, 2.24) is 0 Å². The van der Waals surface area contributed by atoms with Gasteiger partial charge < -0.3 is 0 Å². The third-order valence-corrected chi connectivity index (χ3v) is 2.30. The van der Waals surface area contributed by atoms with Crippen molar-refractivity contribution < 1.29 is 0 Å². The maximum atomic E-state index is 8.12. The zero-order valence-corrected chi connectivity index (χ0v) is 8.28. The van der Waals surface area contributed by atoms with Crippen LogP contribution in [0.3, 0.4) is 0 Å². The van der Waals surface area contributed by atoms with Crippen LogP contribution < -0.4 is 0 Å². The average molecular weight is 253 g/mol. The summed E-state index contributed by atoms with van der Waals surface area (Å²) in [6.45, 7) is 2.14. The van der Waals surface area contributed by atoms with E-state index in [1.807, 2.05) is 0 Å². The minimum Gasteiger partial charge on any atom is -0.0898 e. The van der Waals surface area contributed by atoms with E-state index < -0.39 is 0 Å². The van der Waals surface area contributed by atoms with Crippen LogP contribution in [-0.2, 0) is 0 Å². The van der Waals surface area contributed by atoms with Gasteiger partial charge in [-0.05, 0) is 12.0 Å². The maximum Gasteiger partial charge on any atom is 0.0463 e. The lowest BCUT2D eigenvalue weighted by Crippen LogP contribution is -2.03. The SMILES string of the molecule is CCCCC(CI)N=[N+]=[N-]. The molecule has 0 saturated heterocycles. The van der Waals surface area contributed by atoms with E-state index in [1.54, 1.807) is 0 Å². The molecule has 0 aromatic carbocycles. The Morgan fingerprint density at radius 1 is 1.70 bits per heavy atom. The molecule has 0 spiro atoms. The predicted octanol–water partition coefficient (Wildman–Crippen LogP) is 3.29. The topological polar surface area (TPSA) is 48.8 Å². The fourth-order valence-corrected chi connectivity index (χ4v) is 1.30. The van der Waals surface area contributed by atoms with E-state index in [2.05, 4.69) is 39.5 Å². The smallest absolute Gasteiger partial charge is 0.0463 e. The number of alkyl halides is 1. The second-order valence-electron chi connectivity index (χ2n) is 2.16. The van der Waals surface area contributed by atoms with Crippen LogP contribution in [0.4, 0.5) is 0 Å². The van der Waals surface area contributed by atoms with Crippen LogP contribution in [-0.4, -0.2) is 10.5 Å². The van der Waals surface area contributed by atoms with Crippen LogP contribution in [0.2, 0.25) is 0 Å². The second kappa shape index (κ2) is 7.15. The molecule has 58 valence electrons. The highest BCUT2D eigenvalue weighted by Gasteiger charge is 2.01. The lowest BCUT2D eigenvalue weighted by atomic mass is 10.2. The first-order valence-electron chi connectivity index (χ1n) is 3.45. The fourth-order valence-electron chi connectivity index (χ4n) is 0.679. The average Bonchev–Trinajstić information content (AvgIpc) is 1.98. The Labute approximate surface area is 75.0 Å². The molecule has 3 nitrogen and oxygen atoms in total. The zero-order valence-electron chi connectivity index (χ0n) is 6.13. The van der Waals surface area contributed by atoms with E-state index in [-0.39, 0.29) is 6.04 Å². The van der Waals surface area contributed by atoms with E-state index >= 15 is 0 Å². The van der Waals surface area contributed by atoms with Crippen molar-refractivity contribution in [2.45, 2.75) is 32.2 Å². The van der Waals surface area contributed by atoms with Gasteiger partial charge in [-0.1, -0.05) is 47.5 Å². The molecule has 0 bridgehead atoms. The lowest BCUT2D eigenvalue weighted by molar-refractivity contribution is 0.624. The summed E-state index contributed by atoms with van der Waals surface area (Å²) in [5, 5.41) is 3.65. The molecule has 0 fully saturated rings. The van der Waals surface area contributed by atoms with Crippen molar-refractivity contribution in [3.63, 3.8) is 0 Å². The molecule has 0 aliphatic heterocycles. The van der Waals surface area contributed by atoms with Gasteiger partial charge in [-0.3, -0.25) is 0 Å². The summed E-state index contributed by atoms with van der Waals surface area (Å²) >= 11 is 2.25. The number of hydrogen-bond donors (Lipinski definition) is 0. The summed E-state index contributed by atoms with van der Waals surface area (Å²) < 4.78 is 0.932. The molecule has 0 radical (unpaired) electrons. The van der Waals surface area contributed by atoms with Crippen molar-refractivity contribution >= 4 is 22.6 Å². The van der Waals surface area contributed by atoms with Gasteiger partial charge in [0, 0.05) is 15.4 Å². The molecule has 0 heterocycles. The van der Waals surface area contributed by atoms with E-state index in [0.29, 0.717) is 0 Å². The quantitative estimate of drug-likeness (QED) is 0.237. The molecule has 10 heavy (non-hydrogen) atoms. The maximum absolute atomic E-state index is 8.12. The Kier molecular flexibility index (Phi) is 7.18. The summed E-state index contributed by atoms with van der Waals surface area (Å²) in [5.74, 6) is 0. The van der Waals surface area contributed by atoms with Gasteiger partial charge in [-0.2, -0.15) is 0 Å². The number of rotatable bonds is 5. The van der Waals surface area contributed by atoms with Gasteiger partial charge in [-0.25, -0.2) is 0 Å². The van der Waals surface area contributed by atoms with Gasteiger partial charge in [0.25, 0.3) is 0 Å². The molecule has 1 atom stereocenters. The Morgan fingerprint density at radius 2 is 2.40 bits per heavy atom. The van der Waals surface area contributed by atoms with E-state index in [1.165, 1.54) is 6.42 Å². The van der Waals surface area contributed by atoms with Crippen molar-refractivity contribution in [2.75, 3.05) is 4.43 Å². The summed E-state index contributed by atoms with van der Waals surface area (Å²) in [6.07, 6.45) is 3.37. The highest BCUT2D eigenvalue weighted by molar-refractivity contribution is 14.1. The van der Waals surface area contributed by atoms with Gasteiger partial charge >= 0.3 is 0 Å². The van der Waals surface area contributed by atoms with Gasteiger partial charge in [0.1, 0.15) is 0 Å². The monoisotopic (exact) mass is 253 g/mol. The first-order chi connectivity index (χ1) is 4.85. The minimum absolute atomic E-state index is 0.213. The highest BCUT2D eigenvalue weighted by Crippen LogP contribution is 2.07. The van der Waals surface area contributed by atoms with Crippen molar-refractivity contribution in [3.05, 3.63) is 10.4 Å². The van der Waals surface area contributed by atoms with Gasteiger partial charge in [0.15, 0.2) is 0 Å². The summed E-state index contributed by atoms with van der Waals surface area (Å²) in [5.41, 5.74) is 8.12.